The summed E-state index contributed by atoms with van der Waals surface area (Å²) in [5.41, 5.74) is 2.26. The Morgan fingerprint density at radius 3 is 1.35 bits per heavy atom. The van der Waals surface area contributed by atoms with Gasteiger partial charge in [0, 0.05) is 0 Å². The molecule has 0 N–H and O–H groups in total. The standard InChI is InChI=1S/C18H16N6S2/c25-17-21-19-15(23(17)11-13-7-3-1-4-8-13)16-20-22-18(26)24(16)12-14-9-5-2-6-10-14/h1-10H,11-12H2,(H,21,25)(H,22,26). The minimum atomic E-state index is 0.527. The molecule has 0 bridgehead atoms. The van der Waals surface area contributed by atoms with Crippen LogP contribution in [0.1, 0.15) is 11.1 Å². The monoisotopic (exact) mass is 380 g/mol. The Hall–Kier alpha value is -2.58. The van der Waals surface area contributed by atoms with E-state index < -0.39 is 0 Å². The van der Waals surface area contributed by atoms with Crippen LogP contribution in [0.25, 0.3) is 11.6 Å². The Labute approximate surface area is 161 Å². The van der Waals surface area contributed by atoms with Gasteiger partial charge in [0.05, 0.1) is 13.1 Å². The fourth-order valence-electron chi connectivity index (χ4n) is 2.74. The van der Waals surface area contributed by atoms with Crippen molar-refractivity contribution >= 4 is 25.3 Å². The van der Waals surface area contributed by atoms with E-state index >= 15 is 0 Å². The number of hydrogen-bond acceptors (Lipinski definition) is 6. The van der Waals surface area contributed by atoms with Gasteiger partial charge in [0.1, 0.15) is 0 Å². The highest BCUT2D eigenvalue weighted by Gasteiger charge is 2.20. The topological polar surface area (TPSA) is 61.4 Å². The molecule has 0 saturated heterocycles. The molecule has 8 heteroatoms. The van der Waals surface area contributed by atoms with Crippen molar-refractivity contribution < 1.29 is 0 Å². The number of rotatable bonds is 5. The van der Waals surface area contributed by atoms with Crippen LogP contribution in [0.2, 0.25) is 0 Å². The van der Waals surface area contributed by atoms with Crippen LogP contribution in [0.3, 0.4) is 0 Å². The van der Waals surface area contributed by atoms with Crippen molar-refractivity contribution in [3.63, 3.8) is 0 Å². The maximum absolute atomic E-state index is 4.45. The van der Waals surface area contributed by atoms with E-state index in [1.165, 1.54) is 0 Å². The van der Waals surface area contributed by atoms with Crippen molar-refractivity contribution in [2.24, 2.45) is 0 Å². The van der Waals surface area contributed by atoms with E-state index in [4.69, 9.17) is 0 Å². The van der Waals surface area contributed by atoms with Crippen molar-refractivity contribution in [1.29, 1.82) is 0 Å². The molecule has 0 amide bonds. The molecule has 130 valence electrons. The zero-order chi connectivity index (χ0) is 17.9. The second-order valence-electron chi connectivity index (χ2n) is 5.79. The van der Waals surface area contributed by atoms with Crippen LogP contribution in [0.5, 0.6) is 0 Å². The van der Waals surface area contributed by atoms with Gasteiger partial charge in [-0.15, -0.1) is 45.7 Å². The molecule has 4 rings (SSSR count). The van der Waals surface area contributed by atoms with E-state index in [1.807, 2.05) is 45.5 Å². The maximum Gasteiger partial charge on any atom is 0.203 e. The summed E-state index contributed by atoms with van der Waals surface area (Å²) in [6.07, 6.45) is 0. The van der Waals surface area contributed by atoms with Gasteiger partial charge in [0.2, 0.25) is 11.6 Å². The van der Waals surface area contributed by atoms with Crippen molar-refractivity contribution in [2.75, 3.05) is 0 Å². The molecule has 0 radical (unpaired) electrons. The van der Waals surface area contributed by atoms with Crippen LogP contribution in [0.15, 0.2) is 71.0 Å². The van der Waals surface area contributed by atoms with Gasteiger partial charge in [0.25, 0.3) is 0 Å². The predicted octanol–water partition coefficient (Wildman–Crippen LogP) is 3.21. The molecule has 26 heavy (non-hydrogen) atoms. The summed E-state index contributed by atoms with van der Waals surface area (Å²) in [6.45, 7) is 1.20. The second kappa shape index (κ2) is 7.35. The molecule has 0 unspecified atom stereocenters. The van der Waals surface area contributed by atoms with Crippen LogP contribution in [0.4, 0.5) is 0 Å². The van der Waals surface area contributed by atoms with Gasteiger partial charge < -0.3 is 0 Å². The first-order valence-electron chi connectivity index (χ1n) is 8.05. The number of thiol groups is 2. The molecule has 0 saturated carbocycles. The van der Waals surface area contributed by atoms with Gasteiger partial charge in [-0.05, 0) is 11.1 Å². The molecule has 4 aromatic rings. The maximum atomic E-state index is 4.45. The van der Waals surface area contributed by atoms with E-state index in [0.717, 1.165) is 11.1 Å². The second-order valence-corrected chi connectivity index (χ2v) is 6.59. The molecule has 0 aliphatic carbocycles. The van der Waals surface area contributed by atoms with Crippen LogP contribution in [-0.4, -0.2) is 29.5 Å². The minimum absolute atomic E-state index is 0.527. The Balaban J connectivity index is 1.73. The summed E-state index contributed by atoms with van der Waals surface area (Å²) < 4.78 is 3.83. The first kappa shape index (κ1) is 16.9. The van der Waals surface area contributed by atoms with E-state index in [1.54, 1.807) is 0 Å². The molecule has 0 aliphatic rings. The summed E-state index contributed by atoms with van der Waals surface area (Å²) in [6, 6.07) is 20.2. The molecular formula is C18H16N6S2. The van der Waals surface area contributed by atoms with E-state index in [2.05, 4.69) is 69.9 Å². The molecule has 0 aliphatic heterocycles. The lowest BCUT2D eigenvalue weighted by atomic mass is 10.2. The summed E-state index contributed by atoms with van der Waals surface area (Å²) in [5.74, 6) is 1.23. The summed E-state index contributed by atoms with van der Waals surface area (Å²) in [7, 11) is 0. The first-order chi connectivity index (χ1) is 12.7. The van der Waals surface area contributed by atoms with E-state index in [0.29, 0.717) is 35.1 Å². The highest BCUT2D eigenvalue weighted by molar-refractivity contribution is 7.80. The number of hydrogen-bond donors (Lipinski definition) is 2. The van der Waals surface area contributed by atoms with Gasteiger partial charge >= 0.3 is 0 Å². The number of aromatic nitrogens is 6. The molecule has 0 atom stereocenters. The minimum Gasteiger partial charge on any atom is -0.295 e. The van der Waals surface area contributed by atoms with E-state index in [9.17, 15) is 0 Å². The summed E-state index contributed by atoms with van der Waals surface area (Å²) in [4.78, 5) is 0. The Kier molecular flexibility index (Phi) is 4.77. The Morgan fingerprint density at radius 2 is 0.962 bits per heavy atom. The number of benzene rings is 2. The quantitative estimate of drug-likeness (QED) is 0.522. The average Bonchev–Trinajstić information content (AvgIpc) is 3.20. The highest BCUT2D eigenvalue weighted by atomic mass is 32.1. The molecule has 0 spiro atoms. The van der Waals surface area contributed by atoms with Crippen LogP contribution >= 0.6 is 25.3 Å². The molecule has 2 aromatic carbocycles. The third kappa shape index (κ3) is 3.38. The van der Waals surface area contributed by atoms with Crippen molar-refractivity contribution in [2.45, 2.75) is 23.4 Å². The van der Waals surface area contributed by atoms with Crippen LogP contribution in [0, 0.1) is 0 Å². The van der Waals surface area contributed by atoms with Gasteiger partial charge in [-0.3, -0.25) is 9.13 Å². The van der Waals surface area contributed by atoms with Crippen LogP contribution in [-0.2, 0) is 13.1 Å². The fourth-order valence-corrected chi connectivity index (χ4v) is 3.16. The fraction of sp³-hybridized carbons (Fsp3) is 0.111. The Bertz CT molecular complexity index is 927. The highest BCUT2D eigenvalue weighted by Crippen LogP contribution is 2.23. The molecule has 0 fully saturated rings. The molecule has 2 aromatic heterocycles. The first-order valence-corrected chi connectivity index (χ1v) is 8.94. The van der Waals surface area contributed by atoms with Crippen molar-refractivity contribution in [1.82, 2.24) is 29.5 Å². The zero-order valence-corrected chi connectivity index (χ0v) is 15.6. The van der Waals surface area contributed by atoms with Gasteiger partial charge in [-0.1, -0.05) is 60.7 Å². The molecular weight excluding hydrogens is 364 g/mol. The average molecular weight is 381 g/mol. The van der Waals surface area contributed by atoms with Gasteiger partial charge in [0.15, 0.2) is 10.3 Å². The zero-order valence-electron chi connectivity index (χ0n) is 13.8. The number of nitrogens with zero attached hydrogens (tertiary/aromatic N) is 6. The summed E-state index contributed by atoms with van der Waals surface area (Å²) in [5, 5.41) is 17.8. The largest absolute Gasteiger partial charge is 0.295 e. The summed E-state index contributed by atoms with van der Waals surface area (Å²) >= 11 is 8.90. The molecule has 6 nitrogen and oxygen atoms in total. The lowest BCUT2D eigenvalue weighted by Crippen LogP contribution is -2.09. The lowest BCUT2D eigenvalue weighted by molar-refractivity contribution is 0.688. The van der Waals surface area contributed by atoms with Crippen molar-refractivity contribution in [3.8, 4) is 11.6 Å². The smallest absolute Gasteiger partial charge is 0.203 e. The lowest BCUT2D eigenvalue weighted by Gasteiger charge is -2.10. The Morgan fingerprint density at radius 1 is 0.577 bits per heavy atom. The normalized spacial score (nSPS) is 11.0. The van der Waals surface area contributed by atoms with Crippen molar-refractivity contribution in [3.05, 3.63) is 71.8 Å². The van der Waals surface area contributed by atoms with Crippen LogP contribution < -0.4 is 0 Å². The third-order valence-electron chi connectivity index (χ3n) is 4.03. The van der Waals surface area contributed by atoms with E-state index in [-0.39, 0.29) is 0 Å². The molecule has 2 heterocycles. The third-order valence-corrected chi connectivity index (χ3v) is 4.69. The SMILES string of the molecule is Sc1nnc(-c2nnc(S)n2Cc2ccccc2)n1Cc1ccccc1. The van der Waals surface area contributed by atoms with Gasteiger partial charge in [-0.2, -0.15) is 0 Å². The van der Waals surface area contributed by atoms with Gasteiger partial charge in [-0.25, -0.2) is 0 Å². The predicted molar refractivity (Wildman–Crippen MR) is 105 cm³/mol.